The van der Waals surface area contributed by atoms with Gasteiger partial charge in [-0.05, 0) is 20.8 Å². The number of ketones is 1. The Kier molecular flexibility index (Phi) is 39.6. The van der Waals surface area contributed by atoms with E-state index in [-0.39, 0.29) is 23.7 Å². The van der Waals surface area contributed by atoms with Gasteiger partial charge in [-0.15, -0.1) is 0 Å². The molecule has 9 heteroatoms. The first-order chi connectivity index (χ1) is 11.3. The highest BCUT2D eigenvalue weighted by Crippen LogP contribution is 1.70. The third kappa shape index (κ3) is 283. The lowest BCUT2D eigenvalue weighted by molar-refractivity contribution is -0.140. The molecule has 0 bridgehead atoms. The van der Waals surface area contributed by atoms with Crippen molar-refractivity contribution in [2.24, 2.45) is 0 Å². The second kappa shape index (κ2) is 29.3. The smallest absolute Gasteiger partial charge is 0.307 e. The average molecular weight is 366 g/mol. The molecule has 0 rings (SSSR count). The molecule has 0 atom stereocenters. The van der Waals surface area contributed by atoms with Gasteiger partial charge in [-0.25, -0.2) is 0 Å². The van der Waals surface area contributed by atoms with Gasteiger partial charge >= 0.3 is 17.9 Å². The quantitative estimate of drug-likeness (QED) is 0.443. The largest absolute Gasteiger partial charge is 0.481 e. The summed E-state index contributed by atoms with van der Waals surface area (Å²) in [6.07, 6.45) is 1.10. The Balaban J connectivity index is -0.0000000675. The van der Waals surface area contributed by atoms with Crippen molar-refractivity contribution in [3.05, 3.63) is 12.8 Å². The number of hydrogen-bond acceptors (Lipinski definition) is 8. The Hall–Kier alpha value is -2.71. The van der Waals surface area contributed by atoms with E-state index in [2.05, 4.69) is 20.8 Å². The summed E-state index contributed by atoms with van der Waals surface area (Å²) in [4.78, 5) is 47.6. The SMILES string of the molecule is C=COC(C)=O.CC(=O)O.CC(C)=O.CCOC(C)=O.COC(C)=O. The highest BCUT2D eigenvalue weighted by Gasteiger charge is 1.81. The summed E-state index contributed by atoms with van der Waals surface area (Å²) >= 11 is 0. The fraction of sp³-hybridized carbons (Fsp3) is 0.562. The maximum atomic E-state index is 9.82. The van der Waals surface area contributed by atoms with Crippen molar-refractivity contribution < 1.29 is 43.3 Å². The number of hydrogen-bond donors (Lipinski definition) is 1. The van der Waals surface area contributed by atoms with Gasteiger partial charge < -0.3 is 24.1 Å². The molecular formula is C16H30O9. The zero-order valence-electron chi connectivity index (χ0n) is 16.2. The zero-order valence-corrected chi connectivity index (χ0v) is 16.2. The first kappa shape index (κ1) is 33.8. The minimum atomic E-state index is -0.833. The number of aliphatic carboxylic acids is 1. The number of methoxy groups -OCH3 is 1. The molecule has 0 aromatic heterocycles. The third-order valence-corrected chi connectivity index (χ3v) is 0.884. The average Bonchev–Trinajstić information content (AvgIpc) is 2.38. The molecule has 25 heavy (non-hydrogen) atoms. The number of carbonyl (C=O) groups is 5. The molecule has 0 fully saturated rings. The van der Waals surface area contributed by atoms with Crippen molar-refractivity contribution in [3.63, 3.8) is 0 Å². The van der Waals surface area contributed by atoms with Gasteiger partial charge in [0.25, 0.3) is 5.97 Å². The molecule has 0 heterocycles. The lowest BCUT2D eigenvalue weighted by atomic mass is 10.6. The van der Waals surface area contributed by atoms with E-state index in [4.69, 9.17) is 9.90 Å². The van der Waals surface area contributed by atoms with E-state index in [1.165, 1.54) is 41.7 Å². The molecule has 0 saturated carbocycles. The lowest BCUT2D eigenvalue weighted by Crippen LogP contribution is -1.95. The molecule has 0 spiro atoms. The molecular weight excluding hydrogens is 336 g/mol. The Bertz CT molecular complexity index is 367. The highest BCUT2D eigenvalue weighted by atomic mass is 16.5. The van der Waals surface area contributed by atoms with E-state index >= 15 is 0 Å². The van der Waals surface area contributed by atoms with Crippen molar-refractivity contribution >= 4 is 29.7 Å². The molecule has 0 aromatic carbocycles. The number of rotatable bonds is 2. The number of esters is 3. The number of carboxylic acid groups (broad SMARTS) is 1. The van der Waals surface area contributed by atoms with Crippen LogP contribution >= 0.6 is 0 Å². The molecule has 0 aliphatic rings. The van der Waals surface area contributed by atoms with Gasteiger partial charge in [0, 0.05) is 27.7 Å². The molecule has 0 aliphatic carbocycles. The van der Waals surface area contributed by atoms with Crippen molar-refractivity contribution in [1.29, 1.82) is 0 Å². The van der Waals surface area contributed by atoms with E-state index in [0.29, 0.717) is 6.61 Å². The van der Waals surface area contributed by atoms with Crippen molar-refractivity contribution in [2.45, 2.75) is 48.5 Å². The molecule has 9 nitrogen and oxygen atoms in total. The molecule has 0 unspecified atom stereocenters. The maximum Gasteiger partial charge on any atom is 0.307 e. The van der Waals surface area contributed by atoms with Gasteiger partial charge in [0.2, 0.25) is 0 Å². The Morgan fingerprint density at radius 2 is 1.16 bits per heavy atom. The predicted molar refractivity (Wildman–Crippen MR) is 91.6 cm³/mol. The van der Waals surface area contributed by atoms with E-state index in [0.717, 1.165) is 13.2 Å². The maximum absolute atomic E-state index is 9.82. The number of Topliss-reactive ketones (excluding diaryl/α,β-unsaturated/α-hetero) is 1. The molecule has 0 radical (unpaired) electrons. The normalized spacial score (nSPS) is 6.88. The van der Waals surface area contributed by atoms with Crippen LogP contribution in [0.2, 0.25) is 0 Å². The number of ether oxygens (including phenoxy) is 3. The summed E-state index contributed by atoms with van der Waals surface area (Å²) in [6.45, 7) is 13.6. The van der Waals surface area contributed by atoms with Gasteiger partial charge in [0.05, 0.1) is 20.0 Å². The summed E-state index contributed by atoms with van der Waals surface area (Å²) in [6, 6.07) is 0. The predicted octanol–water partition coefficient (Wildman–Crippen LogP) is 2.13. The zero-order chi connectivity index (χ0) is 21.4. The monoisotopic (exact) mass is 366 g/mol. The van der Waals surface area contributed by atoms with E-state index in [1.807, 2.05) is 0 Å². The molecule has 148 valence electrons. The lowest BCUT2D eigenvalue weighted by Gasteiger charge is -1.89. The van der Waals surface area contributed by atoms with Crippen LogP contribution in [-0.2, 0) is 38.2 Å². The van der Waals surface area contributed by atoms with Crippen LogP contribution in [0, 0.1) is 0 Å². The van der Waals surface area contributed by atoms with E-state index in [1.54, 1.807) is 6.92 Å². The van der Waals surface area contributed by atoms with Crippen molar-refractivity contribution in [1.82, 2.24) is 0 Å². The molecule has 1 N–H and O–H groups in total. The number of carboxylic acids is 1. The minimum absolute atomic E-state index is 0.167. The van der Waals surface area contributed by atoms with Crippen LogP contribution in [0.15, 0.2) is 12.8 Å². The third-order valence-electron chi connectivity index (χ3n) is 0.884. The van der Waals surface area contributed by atoms with Crippen LogP contribution in [0.5, 0.6) is 0 Å². The summed E-state index contributed by atoms with van der Waals surface area (Å²) < 4.78 is 12.7. The van der Waals surface area contributed by atoms with Crippen LogP contribution in [0.1, 0.15) is 48.5 Å². The molecule has 0 aliphatic heterocycles. The minimum Gasteiger partial charge on any atom is -0.481 e. The Morgan fingerprint density at radius 3 is 1.16 bits per heavy atom. The van der Waals surface area contributed by atoms with Crippen LogP contribution in [0.4, 0.5) is 0 Å². The molecule has 0 amide bonds. The van der Waals surface area contributed by atoms with Gasteiger partial charge in [-0.3, -0.25) is 19.2 Å². The van der Waals surface area contributed by atoms with Crippen LogP contribution in [0.25, 0.3) is 0 Å². The van der Waals surface area contributed by atoms with Crippen LogP contribution < -0.4 is 0 Å². The fourth-order valence-electron chi connectivity index (χ4n) is 0.321. The van der Waals surface area contributed by atoms with Gasteiger partial charge in [0.15, 0.2) is 0 Å². The topological polar surface area (TPSA) is 133 Å². The summed E-state index contributed by atoms with van der Waals surface area (Å²) in [5.41, 5.74) is 0. The Morgan fingerprint density at radius 1 is 0.880 bits per heavy atom. The first-order valence-electron chi connectivity index (χ1n) is 6.90. The van der Waals surface area contributed by atoms with Crippen molar-refractivity contribution in [3.8, 4) is 0 Å². The van der Waals surface area contributed by atoms with E-state index in [9.17, 15) is 19.2 Å². The summed E-state index contributed by atoms with van der Waals surface area (Å²) in [5, 5.41) is 7.42. The fourth-order valence-corrected chi connectivity index (χ4v) is 0.321. The van der Waals surface area contributed by atoms with Gasteiger partial charge in [0.1, 0.15) is 5.78 Å². The molecule has 0 aromatic rings. The summed E-state index contributed by atoms with van der Waals surface area (Å²) in [5.74, 6) is -1.45. The van der Waals surface area contributed by atoms with E-state index < -0.39 is 5.97 Å². The summed E-state index contributed by atoms with van der Waals surface area (Å²) in [7, 11) is 1.35. The standard InChI is InChI=1S/C4H8O2.C4H6O2.C3H6O2.C3H6O.C2H4O2/c2*1-3-6-4(2)5;1-3(4)5-2;1-3(2)4;1-2(3)4/h3H2,1-2H3;3H,1H2,2H3;1-2H3;1-2H3;1H3,(H,3,4). The van der Waals surface area contributed by atoms with Gasteiger partial charge in [-0.1, -0.05) is 6.58 Å². The first-order valence-corrected chi connectivity index (χ1v) is 6.90. The van der Waals surface area contributed by atoms with Gasteiger partial charge in [-0.2, -0.15) is 0 Å². The Labute approximate surface area is 148 Å². The van der Waals surface area contributed by atoms with Crippen LogP contribution in [0.3, 0.4) is 0 Å². The number of carbonyl (C=O) groups excluding carboxylic acids is 4. The second-order valence-electron chi connectivity index (χ2n) is 3.82. The molecule has 0 saturated heterocycles. The highest BCUT2D eigenvalue weighted by molar-refractivity contribution is 5.72. The van der Waals surface area contributed by atoms with Crippen molar-refractivity contribution in [2.75, 3.05) is 13.7 Å². The van der Waals surface area contributed by atoms with Crippen LogP contribution in [-0.4, -0.2) is 48.5 Å². The second-order valence-corrected chi connectivity index (χ2v) is 3.82.